The van der Waals surface area contributed by atoms with Crippen LogP contribution >= 0.6 is 12.4 Å². The van der Waals surface area contributed by atoms with Crippen molar-refractivity contribution in [2.45, 2.75) is 57.4 Å². The molecule has 1 aliphatic rings. The van der Waals surface area contributed by atoms with Crippen LogP contribution in [0.4, 0.5) is 0 Å². The van der Waals surface area contributed by atoms with Crippen LogP contribution in [0.15, 0.2) is 24.3 Å². The molecule has 1 unspecified atom stereocenters. The van der Waals surface area contributed by atoms with Gasteiger partial charge in [-0.05, 0) is 43.2 Å². The van der Waals surface area contributed by atoms with Crippen molar-refractivity contribution in [3.63, 3.8) is 0 Å². The van der Waals surface area contributed by atoms with Gasteiger partial charge in [-0.2, -0.15) is 0 Å². The van der Waals surface area contributed by atoms with Gasteiger partial charge < -0.3 is 11.1 Å². The summed E-state index contributed by atoms with van der Waals surface area (Å²) in [5.41, 5.74) is 8.17. The molecule has 0 saturated carbocycles. The molecule has 4 heteroatoms. The highest BCUT2D eigenvalue weighted by Crippen LogP contribution is 2.32. The second kappa shape index (κ2) is 7.81. The molecule has 1 atom stereocenters. The molecular formula is C17H27ClN2O. The number of nitrogens with two attached hydrogens (primary N) is 1. The highest BCUT2D eigenvalue weighted by atomic mass is 35.5. The SMILES string of the molecule is CCC(CC)(CN)NC(=O)C1CCCc2ccccc21.Cl. The fourth-order valence-corrected chi connectivity index (χ4v) is 3.14. The molecule has 1 amide bonds. The molecule has 0 fully saturated rings. The van der Waals surface area contributed by atoms with Crippen molar-refractivity contribution in [2.24, 2.45) is 5.73 Å². The zero-order valence-corrected chi connectivity index (χ0v) is 13.8. The number of amides is 1. The Labute approximate surface area is 134 Å². The van der Waals surface area contributed by atoms with Crippen LogP contribution in [0.1, 0.15) is 56.6 Å². The van der Waals surface area contributed by atoms with E-state index in [-0.39, 0.29) is 29.8 Å². The van der Waals surface area contributed by atoms with Crippen LogP contribution in [0.5, 0.6) is 0 Å². The minimum Gasteiger partial charge on any atom is -0.349 e. The number of carbonyl (C=O) groups excluding carboxylic acids is 1. The number of benzene rings is 1. The van der Waals surface area contributed by atoms with Gasteiger partial charge in [0.05, 0.1) is 11.5 Å². The van der Waals surface area contributed by atoms with Crippen LogP contribution in [-0.4, -0.2) is 18.0 Å². The number of hydrogen-bond acceptors (Lipinski definition) is 2. The van der Waals surface area contributed by atoms with Crippen LogP contribution in [-0.2, 0) is 11.2 Å². The summed E-state index contributed by atoms with van der Waals surface area (Å²) < 4.78 is 0. The molecule has 3 N–H and O–H groups in total. The van der Waals surface area contributed by atoms with Crippen molar-refractivity contribution in [3.8, 4) is 0 Å². The van der Waals surface area contributed by atoms with Gasteiger partial charge in [0.1, 0.15) is 0 Å². The summed E-state index contributed by atoms with van der Waals surface area (Å²) in [7, 11) is 0. The Morgan fingerprint density at radius 3 is 2.62 bits per heavy atom. The number of rotatable bonds is 5. The van der Waals surface area contributed by atoms with Crippen LogP contribution in [0.2, 0.25) is 0 Å². The second-order valence-corrected chi connectivity index (χ2v) is 5.82. The largest absolute Gasteiger partial charge is 0.349 e. The van der Waals surface area contributed by atoms with E-state index < -0.39 is 0 Å². The molecule has 0 saturated heterocycles. The van der Waals surface area contributed by atoms with Crippen molar-refractivity contribution in [2.75, 3.05) is 6.54 Å². The van der Waals surface area contributed by atoms with Crippen LogP contribution < -0.4 is 11.1 Å². The summed E-state index contributed by atoms with van der Waals surface area (Å²) in [5.74, 6) is 0.135. The van der Waals surface area contributed by atoms with Gasteiger partial charge in [0.25, 0.3) is 0 Å². The summed E-state index contributed by atoms with van der Waals surface area (Å²) in [6.07, 6.45) is 4.86. The third kappa shape index (κ3) is 3.78. The van der Waals surface area contributed by atoms with E-state index in [1.165, 1.54) is 11.1 Å². The van der Waals surface area contributed by atoms with Gasteiger partial charge in [-0.1, -0.05) is 38.1 Å². The third-order valence-electron chi connectivity index (χ3n) is 4.82. The zero-order valence-electron chi connectivity index (χ0n) is 13.0. The third-order valence-corrected chi connectivity index (χ3v) is 4.82. The lowest BCUT2D eigenvalue weighted by atomic mass is 9.81. The van der Waals surface area contributed by atoms with Gasteiger partial charge in [-0.25, -0.2) is 0 Å². The Balaban J connectivity index is 0.00000220. The molecule has 0 aliphatic heterocycles. The van der Waals surface area contributed by atoms with Crippen molar-refractivity contribution in [1.82, 2.24) is 5.32 Å². The minimum absolute atomic E-state index is 0. The number of carbonyl (C=O) groups is 1. The Morgan fingerprint density at radius 2 is 2.00 bits per heavy atom. The number of nitrogens with one attached hydrogen (secondary N) is 1. The quantitative estimate of drug-likeness (QED) is 0.877. The van der Waals surface area contributed by atoms with Crippen molar-refractivity contribution < 1.29 is 4.79 Å². The lowest BCUT2D eigenvalue weighted by Crippen LogP contribution is -2.54. The molecule has 3 nitrogen and oxygen atoms in total. The summed E-state index contributed by atoms with van der Waals surface area (Å²) in [4.78, 5) is 12.7. The molecular weight excluding hydrogens is 284 g/mol. The van der Waals surface area contributed by atoms with Crippen molar-refractivity contribution in [3.05, 3.63) is 35.4 Å². The maximum Gasteiger partial charge on any atom is 0.228 e. The Kier molecular flexibility index (Phi) is 6.69. The van der Waals surface area contributed by atoms with Crippen LogP contribution in [0.3, 0.4) is 0 Å². The molecule has 0 aromatic heterocycles. The van der Waals surface area contributed by atoms with E-state index >= 15 is 0 Å². The van der Waals surface area contributed by atoms with E-state index in [1.807, 2.05) is 6.07 Å². The average Bonchev–Trinajstić information content (AvgIpc) is 2.52. The Hall–Kier alpha value is -1.06. The fourth-order valence-electron chi connectivity index (χ4n) is 3.14. The molecule has 0 spiro atoms. The van der Waals surface area contributed by atoms with Gasteiger partial charge in [0.2, 0.25) is 5.91 Å². The minimum atomic E-state index is -0.247. The Morgan fingerprint density at radius 1 is 1.33 bits per heavy atom. The summed E-state index contributed by atoms with van der Waals surface area (Å²) in [5, 5.41) is 3.23. The molecule has 2 rings (SSSR count). The van der Waals surface area contributed by atoms with E-state index in [0.717, 1.165) is 32.1 Å². The monoisotopic (exact) mass is 310 g/mol. The maximum absolute atomic E-state index is 12.7. The first-order chi connectivity index (χ1) is 9.65. The smallest absolute Gasteiger partial charge is 0.228 e. The molecule has 0 bridgehead atoms. The lowest BCUT2D eigenvalue weighted by molar-refractivity contribution is -0.124. The Bertz CT molecular complexity index is 463. The van der Waals surface area contributed by atoms with Gasteiger partial charge >= 0.3 is 0 Å². The molecule has 1 aromatic carbocycles. The molecule has 0 radical (unpaired) electrons. The number of halogens is 1. The lowest BCUT2D eigenvalue weighted by Gasteiger charge is -2.34. The second-order valence-electron chi connectivity index (χ2n) is 5.82. The van der Waals surface area contributed by atoms with Gasteiger partial charge in [0.15, 0.2) is 0 Å². The van der Waals surface area contributed by atoms with Crippen LogP contribution in [0.25, 0.3) is 0 Å². The van der Waals surface area contributed by atoms with Gasteiger partial charge in [-0.3, -0.25) is 4.79 Å². The topological polar surface area (TPSA) is 55.1 Å². The van der Waals surface area contributed by atoms with Gasteiger partial charge in [-0.15, -0.1) is 12.4 Å². The van der Waals surface area contributed by atoms with Crippen molar-refractivity contribution >= 4 is 18.3 Å². The predicted octanol–water partition coefficient (Wildman–Crippen LogP) is 3.16. The highest BCUT2D eigenvalue weighted by molar-refractivity contribution is 5.85. The summed E-state index contributed by atoms with van der Waals surface area (Å²) in [6, 6.07) is 8.33. The summed E-state index contributed by atoms with van der Waals surface area (Å²) in [6.45, 7) is 4.68. The van der Waals surface area contributed by atoms with E-state index in [1.54, 1.807) is 0 Å². The first-order valence-corrected chi connectivity index (χ1v) is 7.75. The molecule has 1 aliphatic carbocycles. The fraction of sp³-hybridized carbons (Fsp3) is 0.588. The first-order valence-electron chi connectivity index (χ1n) is 7.75. The molecule has 118 valence electrons. The molecule has 0 heterocycles. The average molecular weight is 311 g/mol. The van der Waals surface area contributed by atoms with E-state index in [9.17, 15) is 4.79 Å². The first kappa shape index (κ1) is 18.0. The number of aryl methyl sites for hydroxylation is 1. The molecule has 21 heavy (non-hydrogen) atoms. The van der Waals surface area contributed by atoms with Crippen molar-refractivity contribution in [1.29, 1.82) is 0 Å². The number of hydrogen-bond donors (Lipinski definition) is 2. The number of fused-ring (bicyclic) bond motifs is 1. The highest BCUT2D eigenvalue weighted by Gasteiger charge is 2.32. The standard InChI is InChI=1S/C17H26N2O.ClH/c1-3-17(4-2,12-18)19-16(20)15-11-7-9-13-8-5-6-10-14(13)15;/h5-6,8,10,15H,3-4,7,9,11-12,18H2,1-2H3,(H,19,20);1H. The normalized spacial score (nSPS) is 17.6. The van der Waals surface area contributed by atoms with Gasteiger partial charge in [0, 0.05) is 6.54 Å². The predicted molar refractivity (Wildman–Crippen MR) is 89.9 cm³/mol. The van der Waals surface area contributed by atoms with E-state index in [0.29, 0.717) is 6.54 Å². The molecule has 1 aromatic rings. The zero-order chi connectivity index (χ0) is 14.6. The van der Waals surface area contributed by atoms with Crippen LogP contribution in [0, 0.1) is 0 Å². The summed E-state index contributed by atoms with van der Waals surface area (Å²) >= 11 is 0. The maximum atomic E-state index is 12.7. The van der Waals surface area contributed by atoms with E-state index in [4.69, 9.17) is 5.73 Å². The van der Waals surface area contributed by atoms with E-state index in [2.05, 4.69) is 37.4 Å².